The summed E-state index contributed by atoms with van der Waals surface area (Å²) >= 11 is 3.36. The molecule has 0 spiro atoms. The van der Waals surface area contributed by atoms with E-state index in [2.05, 4.69) is 15.9 Å². The summed E-state index contributed by atoms with van der Waals surface area (Å²) in [5.41, 5.74) is 2.09. The van der Waals surface area contributed by atoms with Gasteiger partial charge < -0.3 is 9.53 Å². The molecular formula is C10H11BrO2. The lowest BCUT2D eigenvalue weighted by Gasteiger charge is -2.06. The second-order valence-corrected chi connectivity index (χ2v) is 3.63. The molecule has 0 N–H and O–H groups in total. The van der Waals surface area contributed by atoms with Crippen LogP contribution in [0.1, 0.15) is 11.1 Å². The molecule has 0 aliphatic rings. The van der Waals surface area contributed by atoms with Crippen LogP contribution in [-0.2, 0) is 22.6 Å². The summed E-state index contributed by atoms with van der Waals surface area (Å²) in [4.78, 5) is 10.4. The van der Waals surface area contributed by atoms with Gasteiger partial charge >= 0.3 is 0 Å². The van der Waals surface area contributed by atoms with Crippen LogP contribution in [0.15, 0.2) is 22.7 Å². The molecule has 0 heterocycles. The van der Waals surface area contributed by atoms with E-state index < -0.39 is 0 Å². The average molecular weight is 243 g/mol. The largest absolute Gasteiger partial charge is 0.380 e. The van der Waals surface area contributed by atoms with Crippen LogP contribution in [0.2, 0.25) is 0 Å². The summed E-state index contributed by atoms with van der Waals surface area (Å²) in [6.45, 7) is 0.552. The van der Waals surface area contributed by atoms with Gasteiger partial charge in [0.05, 0.1) is 6.61 Å². The molecule has 0 amide bonds. The maximum absolute atomic E-state index is 10.4. The van der Waals surface area contributed by atoms with Crippen LogP contribution in [0.5, 0.6) is 0 Å². The van der Waals surface area contributed by atoms with Gasteiger partial charge in [-0.25, -0.2) is 0 Å². The number of benzene rings is 1. The first-order valence-corrected chi connectivity index (χ1v) is 4.77. The monoisotopic (exact) mass is 242 g/mol. The lowest BCUT2D eigenvalue weighted by atomic mass is 10.1. The molecule has 0 aromatic heterocycles. The first-order chi connectivity index (χ1) is 6.27. The van der Waals surface area contributed by atoms with Crippen LogP contribution < -0.4 is 0 Å². The summed E-state index contributed by atoms with van der Waals surface area (Å²) in [5, 5.41) is 0. The summed E-state index contributed by atoms with van der Waals surface area (Å²) in [5.74, 6) is 0. The van der Waals surface area contributed by atoms with Crippen molar-refractivity contribution in [2.24, 2.45) is 0 Å². The first-order valence-electron chi connectivity index (χ1n) is 3.97. The molecule has 0 saturated heterocycles. The third-order valence-electron chi connectivity index (χ3n) is 1.77. The van der Waals surface area contributed by atoms with Crippen LogP contribution in [0.25, 0.3) is 0 Å². The molecule has 1 aromatic carbocycles. The van der Waals surface area contributed by atoms with E-state index >= 15 is 0 Å². The van der Waals surface area contributed by atoms with Crippen LogP contribution in [0, 0.1) is 0 Å². The minimum Gasteiger partial charge on any atom is -0.380 e. The Balaban J connectivity index is 2.95. The van der Waals surface area contributed by atoms with E-state index in [-0.39, 0.29) is 0 Å². The molecule has 0 aliphatic carbocycles. The highest BCUT2D eigenvalue weighted by molar-refractivity contribution is 9.10. The molecule has 1 aromatic rings. The number of rotatable bonds is 4. The minimum absolute atomic E-state index is 0.443. The molecule has 0 unspecified atom stereocenters. The van der Waals surface area contributed by atoms with Gasteiger partial charge in [0.2, 0.25) is 0 Å². The summed E-state index contributed by atoms with van der Waals surface area (Å²) in [6.07, 6.45) is 1.35. The van der Waals surface area contributed by atoms with Gasteiger partial charge in [-0.2, -0.15) is 0 Å². The predicted molar refractivity (Wildman–Crippen MR) is 54.6 cm³/mol. The van der Waals surface area contributed by atoms with E-state index in [0.717, 1.165) is 21.9 Å². The second-order valence-electron chi connectivity index (χ2n) is 2.72. The number of methoxy groups -OCH3 is 1. The van der Waals surface area contributed by atoms with Gasteiger partial charge in [0.1, 0.15) is 6.29 Å². The average Bonchev–Trinajstić information content (AvgIpc) is 2.10. The molecule has 13 heavy (non-hydrogen) atoms. The highest BCUT2D eigenvalue weighted by atomic mass is 79.9. The van der Waals surface area contributed by atoms with Gasteiger partial charge in [0.25, 0.3) is 0 Å². The number of carbonyl (C=O) groups excluding carboxylic acids is 1. The highest BCUT2D eigenvalue weighted by Crippen LogP contribution is 2.17. The number of carbonyl (C=O) groups is 1. The Bertz CT molecular complexity index is 297. The Kier molecular flexibility index (Phi) is 4.12. The number of aldehydes is 1. The van der Waals surface area contributed by atoms with Crippen molar-refractivity contribution in [3.63, 3.8) is 0 Å². The fourth-order valence-corrected chi connectivity index (χ4v) is 1.58. The van der Waals surface area contributed by atoms with Gasteiger partial charge in [-0.3, -0.25) is 0 Å². The van der Waals surface area contributed by atoms with Crippen LogP contribution in [0.3, 0.4) is 0 Å². The molecule has 0 saturated carbocycles. The smallest absolute Gasteiger partial charge is 0.124 e. The Morgan fingerprint density at radius 2 is 2.23 bits per heavy atom. The van der Waals surface area contributed by atoms with Crippen molar-refractivity contribution >= 4 is 22.2 Å². The summed E-state index contributed by atoms with van der Waals surface area (Å²) in [6, 6.07) is 5.86. The molecule has 0 radical (unpaired) electrons. The molecule has 0 atom stereocenters. The van der Waals surface area contributed by atoms with Gasteiger partial charge in [-0.05, 0) is 23.3 Å². The number of ether oxygens (including phenoxy) is 1. The van der Waals surface area contributed by atoms with Gasteiger partial charge in [0.15, 0.2) is 0 Å². The van der Waals surface area contributed by atoms with Crippen molar-refractivity contribution < 1.29 is 9.53 Å². The minimum atomic E-state index is 0.443. The normalized spacial score (nSPS) is 10.0. The number of hydrogen-bond acceptors (Lipinski definition) is 2. The maximum atomic E-state index is 10.4. The van der Waals surface area contributed by atoms with Gasteiger partial charge in [0, 0.05) is 18.0 Å². The van der Waals surface area contributed by atoms with Crippen LogP contribution >= 0.6 is 15.9 Å². The second kappa shape index (κ2) is 5.14. The van der Waals surface area contributed by atoms with E-state index in [1.165, 1.54) is 0 Å². The Labute approximate surface area is 86.0 Å². The van der Waals surface area contributed by atoms with E-state index in [1.807, 2.05) is 18.2 Å². The van der Waals surface area contributed by atoms with Crippen molar-refractivity contribution in [1.29, 1.82) is 0 Å². The maximum Gasteiger partial charge on any atom is 0.124 e. The van der Waals surface area contributed by atoms with E-state index in [0.29, 0.717) is 13.0 Å². The SMILES string of the molecule is COCc1ccc(Br)cc1CC=O. The lowest BCUT2D eigenvalue weighted by Crippen LogP contribution is -1.96. The van der Waals surface area contributed by atoms with Crippen LogP contribution in [0.4, 0.5) is 0 Å². The molecular weight excluding hydrogens is 232 g/mol. The van der Waals surface area contributed by atoms with Crippen molar-refractivity contribution in [3.05, 3.63) is 33.8 Å². The van der Waals surface area contributed by atoms with E-state index in [4.69, 9.17) is 4.74 Å². The summed E-state index contributed by atoms with van der Waals surface area (Å²) in [7, 11) is 1.65. The zero-order valence-electron chi connectivity index (χ0n) is 7.42. The Morgan fingerprint density at radius 1 is 1.46 bits per heavy atom. The van der Waals surface area contributed by atoms with Crippen molar-refractivity contribution in [2.75, 3.05) is 7.11 Å². The molecule has 1 rings (SSSR count). The lowest BCUT2D eigenvalue weighted by molar-refractivity contribution is -0.107. The quantitative estimate of drug-likeness (QED) is 0.758. The molecule has 3 heteroatoms. The van der Waals surface area contributed by atoms with Crippen molar-refractivity contribution in [1.82, 2.24) is 0 Å². The fraction of sp³-hybridized carbons (Fsp3) is 0.300. The predicted octanol–water partition coefficient (Wildman–Crippen LogP) is 2.34. The highest BCUT2D eigenvalue weighted by Gasteiger charge is 2.01. The van der Waals surface area contributed by atoms with Crippen LogP contribution in [-0.4, -0.2) is 13.4 Å². The van der Waals surface area contributed by atoms with Gasteiger partial charge in [-0.15, -0.1) is 0 Å². The zero-order chi connectivity index (χ0) is 9.68. The Hall–Kier alpha value is -0.670. The third kappa shape index (κ3) is 2.94. The zero-order valence-corrected chi connectivity index (χ0v) is 9.00. The molecule has 70 valence electrons. The summed E-state index contributed by atoms with van der Waals surface area (Å²) < 4.78 is 6.01. The third-order valence-corrected chi connectivity index (χ3v) is 2.26. The molecule has 0 aliphatic heterocycles. The van der Waals surface area contributed by atoms with Crippen molar-refractivity contribution in [3.8, 4) is 0 Å². The first kappa shape index (κ1) is 10.4. The molecule has 2 nitrogen and oxygen atoms in total. The van der Waals surface area contributed by atoms with Crippen molar-refractivity contribution in [2.45, 2.75) is 13.0 Å². The molecule has 0 bridgehead atoms. The van der Waals surface area contributed by atoms with Gasteiger partial charge in [-0.1, -0.05) is 22.0 Å². The Morgan fingerprint density at radius 3 is 2.85 bits per heavy atom. The topological polar surface area (TPSA) is 26.3 Å². The number of hydrogen-bond donors (Lipinski definition) is 0. The standard InChI is InChI=1S/C10H11BrO2/c1-13-7-9-2-3-10(11)6-8(9)4-5-12/h2-3,5-6H,4,7H2,1H3. The fourth-order valence-electron chi connectivity index (χ4n) is 1.17. The number of halogens is 1. The van der Waals surface area contributed by atoms with E-state index in [1.54, 1.807) is 7.11 Å². The molecule has 0 fully saturated rings. The van der Waals surface area contributed by atoms with E-state index in [9.17, 15) is 4.79 Å².